The van der Waals surface area contributed by atoms with E-state index in [1.807, 2.05) is 0 Å². The molecule has 0 radical (unpaired) electrons. The van der Waals surface area contributed by atoms with Gasteiger partial charge in [-0.15, -0.1) is 0 Å². The summed E-state index contributed by atoms with van der Waals surface area (Å²) < 4.78 is 33.3. The van der Waals surface area contributed by atoms with Gasteiger partial charge in [-0.1, -0.05) is 160 Å². The van der Waals surface area contributed by atoms with Crippen molar-refractivity contribution >= 4 is 13.8 Å². The fourth-order valence-electron chi connectivity index (χ4n) is 5.93. The highest BCUT2D eigenvalue weighted by molar-refractivity contribution is 7.47. The predicted octanol–water partition coefficient (Wildman–Crippen LogP) is 12.5. The lowest BCUT2D eigenvalue weighted by Crippen LogP contribution is -2.28. The van der Waals surface area contributed by atoms with E-state index in [9.17, 15) is 14.3 Å². The number of phosphoric ester groups is 1. The minimum atomic E-state index is -4.27. The van der Waals surface area contributed by atoms with Gasteiger partial charge in [0.25, 0.3) is 0 Å². The Morgan fingerprint density at radius 3 is 1.51 bits per heavy atom. The van der Waals surface area contributed by atoms with Gasteiger partial charge in [-0.2, -0.15) is 0 Å². The van der Waals surface area contributed by atoms with Crippen LogP contribution in [0.1, 0.15) is 200 Å². The lowest BCUT2D eigenvalue weighted by atomic mass is 10.1. The van der Waals surface area contributed by atoms with Crippen molar-refractivity contribution in [2.45, 2.75) is 206 Å². The fourth-order valence-corrected chi connectivity index (χ4v) is 6.70. The molecule has 0 amide bonds. The van der Waals surface area contributed by atoms with E-state index in [0.29, 0.717) is 13.0 Å². The summed E-state index contributed by atoms with van der Waals surface area (Å²) in [7, 11) is -4.27. The standard InChI is InChI=1S/C42H82NO7P/c1-3-5-7-9-11-13-15-16-17-18-19-20-21-22-23-24-25-26-28-30-32-34-37-47-39-41(40-49-51(45,46)48-38-36-43)50-42(44)35-33-31-29-27-14-12-10-8-6-4-2/h8,10,18-19,41H,3-7,9,11-17,20-40,43H2,1-2H3,(H,45,46)/b10-8-,19-18-. The number of esters is 1. The van der Waals surface area contributed by atoms with Crippen molar-refractivity contribution in [1.82, 2.24) is 0 Å². The van der Waals surface area contributed by atoms with E-state index >= 15 is 0 Å². The molecule has 0 aromatic carbocycles. The molecule has 9 heteroatoms. The Morgan fingerprint density at radius 2 is 1.02 bits per heavy atom. The highest BCUT2D eigenvalue weighted by atomic mass is 31.2. The SMILES string of the molecule is CCC/C=C\CCCCCCCC(=O)OC(COCCCCCCCCCCCC/C=C\CCCCCCCCCC)COP(=O)(O)OCCN. The van der Waals surface area contributed by atoms with Crippen molar-refractivity contribution in [3.05, 3.63) is 24.3 Å². The fraction of sp³-hybridized carbons (Fsp3) is 0.881. The predicted molar refractivity (Wildman–Crippen MR) is 215 cm³/mol. The average molecular weight is 744 g/mol. The van der Waals surface area contributed by atoms with E-state index in [2.05, 4.69) is 38.2 Å². The number of nitrogens with two attached hydrogens (primary N) is 1. The van der Waals surface area contributed by atoms with Crippen LogP contribution in [0.5, 0.6) is 0 Å². The van der Waals surface area contributed by atoms with Crippen LogP contribution in [-0.4, -0.2) is 49.9 Å². The van der Waals surface area contributed by atoms with Gasteiger partial charge >= 0.3 is 13.8 Å². The number of ether oxygens (including phenoxy) is 2. The number of carbonyl (C=O) groups is 1. The summed E-state index contributed by atoms with van der Waals surface area (Å²) in [5, 5.41) is 0. The van der Waals surface area contributed by atoms with Crippen molar-refractivity contribution in [2.24, 2.45) is 5.73 Å². The Morgan fingerprint density at radius 1 is 0.569 bits per heavy atom. The first kappa shape index (κ1) is 50.0. The van der Waals surface area contributed by atoms with Crippen LogP contribution in [-0.2, 0) is 27.9 Å². The van der Waals surface area contributed by atoms with E-state index in [1.165, 1.54) is 128 Å². The second kappa shape index (κ2) is 40.2. The third kappa shape index (κ3) is 40.0. The van der Waals surface area contributed by atoms with Gasteiger partial charge in [-0.05, 0) is 57.8 Å². The molecule has 0 rings (SSSR count). The summed E-state index contributed by atoms with van der Waals surface area (Å²) in [5.41, 5.74) is 5.36. The van der Waals surface area contributed by atoms with Crippen molar-refractivity contribution in [2.75, 3.05) is 33.0 Å². The molecule has 0 bridgehead atoms. The molecule has 0 aliphatic rings. The van der Waals surface area contributed by atoms with E-state index in [1.54, 1.807) is 0 Å². The molecule has 0 aromatic heterocycles. The summed E-state index contributed by atoms with van der Waals surface area (Å²) in [6, 6.07) is 0. The highest BCUT2D eigenvalue weighted by Crippen LogP contribution is 2.43. The molecule has 0 aromatic rings. The number of carbonyl (C=O) groups excluding carboxylic acids is 1. The maximum atomic E-state index is 12.5. The number of hydrogen-bond acceptors (Lipinski definition) is 7. The van der Waals surface area contributed by atoms with Gasteiger partial charge < -0.3 is 20.1 Å². The van der Waals surface area contributed by atoms with Crippen molar-refractivity contribution < 1.29 is 32.8 Å². The summed E-state index contributed by atoms with van der Waals surface area (Å²) >= 11 is 0. The first-order valence-corrected chi connectivity index (χ1v) is 22.8. The molecule has 51 heavy (non-hydrogen) atoms. The van der Waals surface area contributed by atoms with Crippen LogP contribution in [0.2, 0.25) is 0 Å². The quantitative estimate of drug-likeness (QED) is 0.0275. The molecule has 0 spiro atoms. The molecular formula is C42H82NO7P. The summed E-state index contributed by atoms with van der Waals surface area (Å²) in [5.74, 6) is -0.341. The van der Waals surface area contributed by atoms with Crippen LogP contribution in [0.25, 0.3) is 0 Å². The van der Waals surface area contributed by atoms with Gasteiger partial charge in [-0.3, -0.25) is 13.8 Å². The third-order valence-electron chi connectivity index (χ3n) is 9.07. The maximum Gasteiger partial charge on any atom is 0.472 e. The zero-order chi connectivity index (χ0) is 37.4. The molecule has 0 heterocycles. The van der Waals surface area contributed by atoms with Gasteiger partial charge in [0.1, 0.15) is 6.10 Å². The molecule has 302 valence electrons. The Bertz CT molecular complexity index is 838. The number of phosphoric acid groups is 1. The zero-order valence-electron chi connectivity index (χ0n) is 33.3. The van der Waals surface area contributed by atoms with Gasteiger partial charge in [-0.25, -0.2) is 4.57 Å². The zero-order valence-corrected chi connectivity index (χ0v) is 34.2. The van der Waals surface area contributed by atoms with E-state index in [-0.39, 0.29) is 32.3 Å². The highest BCUT2D eigenvalue weighted by Gasteiger charge is 2.25. The number of hydrogen-bond donors (Lipinski definition) is 2. The molecule has 0 aliphatic heterocycles. The molecule has 8 nitrogen and oxygen atoms in total. The second-order valence-electron chi connectivity index (χ2n) is 14.2. The number of unbranched alkanes of at least 4 members (excludes halogenated alkanes) is 24. The lowest BCUT2D eigenvalue weighted by molar-refractivity contribution is -0.154. The lowest BCUT2D eigenvalue weighted by Gasteiger charge is -2.20. The largest absolute Gasteiger partial charge is 0.472 e. The van der Waals surface area contributed by atoms with Gasteiger partial charge in [0.05, 0.1) is 19.8 Å². The van der Waals surface area contributed by atoms with Gasteiger partial charge in [0.2, 0.25) is 0 Å². The molecule has 0 saturated carbocycles. The minimum Gasteiger partial charge on any atom is -0.457 e. The summed E-state index contributed by atoms with van der Waals surface area (Å²) in [6.07, 6.45) is 43.5. The summed E-state index contributed by atoms with van der Waals surface area (Å²) in [6.45, 7) is 4.86. The number of rotatable bonds is 41. The third-order valence-corrected chi connectivity index (χ3v) is 10.1. The first-order chi connectivity index (χ1) is 24.9. The van der Waals surface area contributed by atoms with Crippen LogP contribution >= 0.6 is 7.82 Å². The second-order valence-corrected chi connectivity index (χ2v) is 15.7. The molecule has 0 fully saturated rings. The number of allylic oxidation sites excluding steroid dienone is 4. The molecule has 3 N–H and O–H groups in total. The van der Waals surface area contributed by atoms with Crippen molar-refractivity contribution in [3.8, 4) is 0 Å². The smallest absolute Gasteiger partial charge is 0.457 e. The first-order valence-electron chi connectivity index (χ1n) is 21.3. The van der Waals surface area contributed by atoms with Crippen LogP contribution in [0.3, 0.4) is 0 Å². The Balaban J connectivity index is 3.92. The molecule has 0 aliphatic carbocycles. The summed E-state index contributed by atoms with van der Waals surface area (Å²) in [4.78, 5) is 22.4. The molecule has 2 unspecified atom stereocenters. The minimum absolute atomic E-state index is 0.0961. The van der Waals surface area contributed by atoms with E-state index in [0.717, 1.165) is 51.4 Å². The molecule has 2 atom stereocenters. The van der Waals surface area contributed by atoms with Crippen LogP contribution in [0.15, 0.2) is 24.3 Å². The van der Waals surface area contributed by atoms with Crippen LogP contribution < -0.4 is 5.73 Å². The average Bonchev–Trinajstić information content (AvgIpc) is 3.12. The monoisotopic (exact) mass is 744 g/mol. The van der Waals surface area contributed by atoms with Crippen molar-refractivity contribution in [3.63, 3.8) is 0 Å². The van der Waals surface area contributed by atoms with Crippen LogP contribution in [0.4, 0.5) is 0 Å². The Kier molecular flexibility index (Phi) is 39.4. The Labute approximate surface area is 315 Å². The van der Waals surface area contributed by atoms with Crippen LogP contribution in [0, 0.1) is 0 Å². The van der Waals surface area contributed by atoms with Gasteiger partial charge in [0, 0.05) is 19.6 Å². The van der Waals surface area contributed by atoms with Gasteiger partial charge in [0.15, 0.2) is 0 Å². The normalized spacial score (nSPS) is 13.7. The molecule has 0 saturated heterocycles. The maximum absolute atomic E-state index is 12.5. The van der Waals surface area contributed by atoms with E-state index < -0.39 is 13.9 Å². The molecular weight excluding hydrogens is 661 g/mol. The topological polar surface area (TPSA) is 117 Å². The van der Waals surface area contributed by atoms with Crippen molar-refractivity contribution in [1.29, 1.82) is 0 Å². The van der Waals surface area contributed by atoms with E-state index in [4.69, 9.17) is 24.3 Å². The Hall–Kier alpha value is -1.02.